The van der Waals surface area contributed by atoms with Gasteiger partial charge in [0.05, 0.1) is 5.52 Å². The topological polar surface area (TPSA) is 51.6 Å². The zero-order valence-corrected chi connectivity index (χ0v) is 15.0. The number of fused-ring (bicyclic) bond motifs is 1. The fraction of sp³-hybridized carbons (Fsp3) is 0. The van der Waals surface area contributed by atoms with Crippen molar-refractivity contribution < 1.29 is 0 Å². The summed E-state index contributed by atoms with van der Waals surface area (Å²) in [4.78, 5) is 16.9. The van der Waals surface area contributed by atoms with E-state index in [4.69, 9.17) is 0 Å². The van der Waals surface area contributed by atoms with Gasteiger partial charge >= 0.3 is 0 Å². The van der Waals surface area contributed by atoms with Crippen LogP contribution in [0.1, 0.15) is 0 Å². The summed E-state index contributed by atoms with van der Waals surface area (Å²) in [6, 6.07) is 27.1. The van der Waals surface area contributed by atoms with Gasteiger partial charge < -0.3 is 0 Å². The predicted molar refractivity (Wildman–Crippen MR) is 111 cm³/mol. The Hall–Kier alpha value is -3.92. The van der Waals surface area contributed by atoms with Crippen molar-refractivity contribution in [3.05, 3.63) is 97.7 Å². The average molecular weight is 360 g/mol. The van der Waals surface area contributed by atoms with Crippen molar-refractivity contribution in [3.63, 3.8) is 0 Å². The van der Waals surface area contributed by atoms with Crippen molar-refractivity contribution in [2.24, 2.45) is 0 Å². The van der Waals surface area contributed by atoms with Gasteiger partial charge in [0, 0.05) is 22.7 Å². The third kappa shape index (κ3) is 3.01. The molecule has 0 fully saturated rings. The SMILES string of the molecule is c1cc(-c2ccc(-c3cccc4cccnc34)cc2)cc(-c2ncncn2)c1. The number of hydrogen-bond donors (Lipinski definition) is 0. The summed E-state index contributed by atoms with van der Waals surface area (Å²) in [5.41, 5.74) is 6.57. The summed E-state index contributed by atoms with van der Waals surface area (Å²) in [6.07, 6.45) is 4.87. The second-order valence-corrected chi connectivity index (χ2v) is 6.50. The van der Waals surface area contributed by atoms with Crippen LogP contribution >= 0.6 is 0 Å². The lowest BCUT2D eigenvalue weighted by molar-refractivity contribution is 1.06. The predicted octanol–water partition coefficient (Wildman–Crippen LogP) is 5.42. The summed E-state index contributed by atoms with van der Waals surface area (Å²) >= 11 is 0. The number of rotatable bonds is 3. The van der Waals surface area contributed by atoms with Gasteiger partial charge in [0.2, 0.25) is 0 Å². The lowest BCUT2D eigenvalue weighted by Gasteiger charge is -2.08. The van der Waals surface area contributed by atoms with E-state index in [1.54, 1.807) is 0 Å². The molecule has 5 rings (SSSR count). The summed E-state index contributed by atoms with van der Waals surface area (Å²) in [5.74, 6) is 0.676. The second kappa shape index (κ2) is 7.00. The molecular formula is C24H16N4. The van der Waals surface area contributed by atoms with Crippen LogP contribution in [0.5, 0.6) is 0 Å². The van der Waals surface area contributed by atoms with E-state index in [0.717, 1.165) is 38.7 Å². The first-order valence-corrected chi connectivity index (χ1v) is 9.05. The first kappa shape index (κ1) is 16.3. The minimum absolute atomic E-state index is 0.676. The highest BCUT2D eigenvalue weighted by atomic mass is 15.0. The molecule has 0 aliphatic carbocycles. The number of benzene rings is 3. The molecule has 132 valence electrons. The lowest BCUT2D eigenvalue weighted by atomic mass is 9.97. The van der Waals surface area contributed by atoms with Gasteiger partial charge in [0.1, 0.15) is 12.7 Å². The van der Waals surface area contributed by atoms with Crippen LogP contribution in [-0.2, 0) is 0 Å². The van der Waals surface area contributed by atoms with Crippen LogP contribution in [0.2, 0.25) is 0 Å². The van der Waals surface area contributed by atoms with E-state index < -0.39 is 0 Å². The minimum Gasteiger partial charge on any atom is -0.256 e. The van der Waals surface area contributed by atoms with E-state index in [2.05, 4.69) is 80.6 Å². The van der Waals surface area contributed by atoms with Crippen LogP contribution in [0.15, 0.2) is 97.7 Å². The average Bonchev–Trinajstić information content (AvgIpc) is 2.79. The highest BCUT2D eigenvalue weighted by Gasteiger charge is 2.07. The molecule has 0 aliphatic heterocycles. The standard InChI is InChI=1S/C24H16N4/c1-5-20(14-21(6-1)24-27-15-25-16-28-24)17-9-11-18(12-10-17)22-8-2-4-19-7-3-13-26-23(19)22/h1-16H. The van der Waals surface area contributed by atoms with Crippen molar-refractivity contribution in [2.45, 2.75) is 0 Å². The third-order valence-corrected chi connectivity index (χ3v) is 4.78. The van der Waals surface area contributed by atoms with Crippen LogP contribution in [0.4, 0.5) is 0 Å². The normalized spacial score (nSPS) is 10.9. The summed E-state index contributed by atoms with van der Waals surface area (Å²) in [6.45, 7) is 0. The number of para-hydroxylation sites is 1. The molecule has 4 heteroatoms. The molecule has 0 atom stereocenters. The Morgan fingerprint density at radius 1 is 0.536 bits per heavy atom. The zero-order chi connectivity index (χ0) is 18.8. The van der Waals surface area contributed by atoms with Crippen LogP contribution in [-0.4, -0.2) is 19.9 Å². The van der Waals surface area contributed by atoms with Gasteiger partial charge in [-0.15, -0.1) is 0 Å². The molecule has 0 spiro atoms. The Morgan fingerprint density at radius 2 is 1.25 bits per heavy atom. The first-order chi connectivity index (χ1) is 13.9. The molecule has 4 nitrogen and oxygen atoms in total. The maximum Gasteiger partial charge on any atom is 0.162 e. The van der Waals surface area contributed by atoms with Crippen LogP contribution in [0.25, 0.3) is 44.5 Å². The van der Waals surface area contributed by atoms with E-state index in [9.17, 15) is 0 Å². The molecule has 0 N–H and O–H groups in total. The Labute approximate surface area is 162 Å². The van der Waals surface area contributed by atoms with Crippen molar-refractivity contribution in [3.8, 4) is 33.6 Å². The van der Waals surface area contributed by atoms with Gasteiger partial charge in [-0.05, 0) is 28.8 Å². The number of pyridine rings is 1. The first-order valence-electron chi connectivity index (χ1n) is 9.05. The van der Waals surface area contributed by atoms with Crippen molar-refractivity contribution in [1.82, 2.24) is 19.9 Å². The van der Waals surface area contributed by atoms with Gasteiger partial charge in [-0.25, -0.2) is 15.0 Å². The molecule has 0 saturated heterocycles. The van der Waals surface area contributed by atoms with E-state index in [1.165, 1.54) is 12.7 Å². The molecular weight excluding hydrogens is 344 g/mol. The molecule has 3 aromatic carbocycles. The number of nitrogens with zero attached hydrogens (tertiary/aromatic N) is 4. The third-order valence-electron chi connectivity index (χ3n) is 4.78. The van der Waals surface area contributed by atoms with Gasteiger partial charge in [-0.2, -0.15) is 0 Å². The number of hydrogen-bond acceptors (Lipinski definition) is 4. The highest BCUT2D eigenvalue weighted by molar-refractivity contribution is 5.93. The highest BCUT2D eigenvalue weighted by Crippen LogP contribution is 2.30. The summed E-state index contributed by atoms with van der Waals surface area (Å²) in [5, 5.41) is 1.15. The Morgan fingerprint density at radius 3 is 2.11 bits per heavy atom. The molecule has 28 heavy (non-hydrogen) atoms. The minimum atomic E-state index is 0.676. The Kier molecular flexibility index (Phi) is 4.07. The molecule has 0 aliphatic rings. The quantitative estimate of drug-likeness (QED) is 0.431. The van der Waals surface area contributed by atoms with Crippen LogP contribution in [0.3, 0.4) is 0 Å². The maximum absolute atomic E-state index is 4.56. The molecule has 0 bridgehead atoms. The lowest BCUT2D eigenvalue weighted by Crippen LogP contribution is -1.89. The van der Waals surface area contributed by atoms with Crippen molar-refractivity contribution in [1.29, 1.82) is 0 Å². The molecule has 5 aromatic rings. The van der Waals surface area contributed by atoms with Crippen LogP contribution in [0, 0.1) is 0 Å². The fourth-order valence-corrected chi connectivity index (χ4v) is 3.41. The molecule has 0 amide bonds. The summed E-state index contributed by atoms with van der Waals surface area (Å²) in [7, 11) is 0. The fourth-order valence-electron chi connectivity index (χ4n) is 3.41. The van der Waals surface area contributed by atoms with E-state index in [1.807, 2.05) is 24.4 Å². The smallest absolute Gasteiger partial charge is 0.162 e. The van der Waals surface area contributed by atoms with Gasteiger partial charge in [0.15, 0.2) is 5.82 Å². The van der Waals surface area contributed by atoms with Gasteiger partial charge in [0.25, 0.3) is 0 Å². The Bertz CT molecular complexity index is 1240. The molecule has 0 saturated carbocycles. The van der Waals surface area contributed by atoms with Gasteiger partial charge in [-0.3, -0.25) is 4.98 Å². The molecule has 2 aromatic heterocycles. The van der Waals surface area contributed by atoms with E-state index in [0.29, 0.717) is 5.82 Å². The summed E-state index contributed by atoms with van der Waals surface area (Å²) < 4.78 is 0. The number of aromatic nitrogens is 4. The van der Waals surface area contributed by atoms with Crippen molar-refractivity contribution in [2.75, 3.05) is 0 Å². The van der Waals surface area contributed by atoms with E-state index >= 15 is 0 Å². The largest absolute Gasteiger partial charge is 0.256 e. The molecule has 2 heterocycles. The maximum atomic E-state index is 4.56. The zero-order valence-electron chi connectivity index (χ0n) is 15.0. The van der Waals surface area contributed by atoms with Gasteiger partial charge in [-0.1, -0.05) is 66.7 Å². The van der Waals surface area contributed by atoms with Crippen molar-refractivity contribution >= 4 is 10.9 Å². The second-order valence-electron chi connectivity index (χ2n) is 6.50. The van der Waals surface area contributed by atoms with Crippen LogP contribution < -0.4 is 0 Å². The molecule has 0 unspecified atom stereocenters. The molecule has 0 radical (unpaired) electrons. The monoisotopic (exact) mass is 360 g/mol. The van der Waals surface area contributed by atoms with E-state index in [-0.39, 0.29) is 0 Å². The Balaban J connectivity index is 1.52.